The van der Waals surface area contributed by atoms with Crippen molar-refractivity contribution in [1.29, 1.82) is 0 Å². The highest BCUT2D eigenvalue weighted by atomic mass is 79.9. The van der Waals surface area contributed by atoms with Crippen LogP contribution in [0.3, 0.4) is 0 Å². The molecule has 23 heavy (non-hydrogen) atoms. The highest BCUT2D eigenvalue weighted by molar-refractivity contribution is 9.10. The Morgan fingerprint density at radius 2 is 1.87 bits per heavy atom. The number of hydrogen-bond acceptors (Lipinski definition) is 2. The Morgan fingerprint density at radius 1 is 1.17 bits per heavy atom. The summed E-state index contributed by atoms with van der Waals surface area (Å²) in [5.41, 5.74) is 7.90. The molecule has 3 rings (SSSR count). The molecule has 2 aromatic rings. The van der Waals surface area contributed by atoms with Gasteiger partial charge in [-0.3, -0.25) is 4.79 Å². The van der Waals surface area contributed by atoms with Gasteiger partial charge >= 0.3 is 0 Å². The molecule has 0 bridgehead atoms. The summed E-state index contributed by atoms with van der Waals surface area (Å²) >= 11 is 3.47. The van der Waals surface area contributed by atoms with Crippen LogP contribution in [0.2, 0.25) is 0 Å². The zero-order valence-electron chi connectivity index (χ0n) is 12.7. The van der Waals surface area contributed by atoms with Crippen LogP contribution in [-0.4, -0.2) is 12.5 Å². The Labute approximate surface area is 151 Å². The monoisotopic (exact) mass is 394 g/mol. The van der Waals surface area contributed by atoms with Gasteiger partial charge in [0.25, 0.3) is 0 Å². The van der Waals surface area contributed by atoms with Crippen molar-refractivity contribution < 1.29 is 4.79 Å². The highest BCUT2D eigenvalue weighted by Crippen LogP contribution is 2.48. The predicted octanol–water partition coefficient (Wildman–Crippen LogP) is 3.72. The smallest absolute Gasteiger partial charge is 0.230 e. The first-order valence-corrected chi connectivity index (χ1v) is 8.26. The van der Waals surface area contributed by atoms with Gasteiger partial charge in [-0.15, -0.1) is 12.4 Å². The van der Waals surface area contributed by atoms with Crippen LogP contribution in [0.25, 0.3) is 0 Å². The van der Waals surface area contributed by atoms with Gasteiger partial charge in [-0.05, 0) is 36.1 Å². The van der Waals surface area contributed by atoms with Crippen LogP contribution in [0.15, 0.2) is 59.1 Å². The molecule has 0 aliphatic heterocycles. The summed E-state index contributed by atoms with van der Waals surface area (Å²) < 4.78 is 1.00. The van der Waals surface area contributed by atoms with Gasteiger partial charge in [0.1, 0.15) is 0 Å². The molecular formula is C18H20BrClN2O. The summed E-state index contributed by atoms with van der Waals surface area (Å²) in [6.45, 7) is 0.457. The molecule has 0 aromatic heterocycles. The lowest BCUT2D eigenvalue weighted by molar-refractivity contribution is -0.123. The molecule has 0 radical (unpaired) electrons. The summed E-state index contributed by atoms with van der Waals surface area (Å²) in [7, 11) is 0. The zero-order chi connectivity index (χ0) is 15.6. The summed E-state index contributed by atoms with van der Waals surface area (Å²) in [4.78, 5) is 12.6. The SMILES string of the molecule is Cl.NC(CNC(=O)C1(c2cccc(Br)c2)CC1)c1ccccc1. The molecule has 0 heterocycles. The number of amides is 1. The van der Waals surface area contributed by atoms with E-state index in [1.54, 1.807) is 0 Å². The van der Waals surface area contributed by atoms with E-state index in [1.165, 1.54) is 0 Å². The van der Waals surface area contributed by atoms with E-state index < -0.39 is 0 Å². The topological polar surface area (TPSA) is 55.1 Å². The van der Waals surface area contributed by atoms with E-state index in [9.17, 15) is 4.79 Å². The van der Waals surface area contributed by atoms with Crippen molar-refractivity contribution in [3.63, 3.8) is 0 Å². The lowest BCUT2D eigenvalue weighted by Gasteiger charge is -2.18. The molecule has 3 N–H and O–H groups in total. The molecule has 1 aliphatic rings. The molecule has 122 valence electrons. The zero-order valence-corrected chi connectivity index (χ0v) is 15.1. The maximum absolute atomic E-state index is 12.6. The maximum atomic E-state index is 12.6. The molecule has 1 saturated carbocycles. The van der Waals surface area contributed by atoms with Crippen LogP contribution >= 0.6 is 28.3 Å². The minimum Gasteiger partial charge on any atom is -0.353 e. The first-order valence-electron chi connectivity index (χ1n) is 7.47. The average Bonchev–Trinajstić information content (AvgIpc) is 3.35. The Kier molecular flexibility index (Phi) is 5.84. The second-order valence-electron chi connectivity index (χ2n) is 5.82. The van der Waals surface area contributed by atoms with E-state index in [0.717, 1.165) is 28.4 Å². The fourth-order valence-corrected chi connectivity index (χ4v) is 3.15. The number of nitrogens with two attached hydrogens (primary N) is 1. The largest absolute Gasteiger partial charge is 0.353 e. The fourth-order valence-electron chi connectivity index (χ4n) is 2.75. The first kappa shape index (κ1) is 18.0. The van der Waals surface area contributed by atoms with Crippen molar-refractivity contribution in [2.45, 2.75) is 24.3 Å². The summed E-state index contributed by atoms with van der Waals surface area (Å²) in [5.74, 6) is 0.0805. The normalized spacial score (nSPS) is 16.1. The van der Waals surface area contributed by atoms with Gasteiger partial charge in [0.05, 0.1) is 5.41 Å². The van der Waals surface area contributed by atoms with Crippen molar-refractivity contribution in [2.24, 2.45) is 5.73 Å². The van der Waals surface area contributed by atoms with E-state index in [0.29, 0.717) is 6.54 Å². The molecule has 0 spiro atoms. The van der Waals surface area contributed by atoms with Crippen LogP contribution in [0.4, 0.5) is 0 Å². The number of halogens is 2. The Hall–Kier alpha value is -1.36. The molecule has 1 amide bonds. The fraction of sp³-hybridized carbons (Fsp3) is 0.278. The molecule has 5 heteroatoms. The number of rotatable bonds is 5. The third kappa shape index (κ3) is 3.94. The van der Waals surface area contributed by atoms with Gasteiger partial charge in [-0.1, -0.05) is 58.4 Å². The van der Waals surface area contributed by atoms with Gasteiger partial charge in [0.2, 0.25) is 5.91 Å². The molecule has 2 aromatic carbocycles. The van der Waals surface area contributed by atoms with Crippen molar-refractivity contribution in [2.75, 3.05) is 6.54 Å². The van der Waals surface area contributed by atoms with E-state index in [2.05, 4.69) is 21.2 Å². The van der Waals surface area contributed by atoms with Crippen LogP contribution in [0.1, 0.15) is 30.0 Å². The first-order chi connectivity index (χ1) is 10.6. The van der Waals surface area contributed by atoms with Gasteiger partial charge in [-0.2, -0.15) is 0 Å². The second kappa shape index (κ2) is 7.47. The molecule has 1 unspecified atom stereocenters. The van der Waals surface area contributed by atoms with Gasteiger partial charge in [0.15, 0.2) is 0 Å². The third-order valence-electron chi connectivity index (χ3n) is 4.27. The van der Waals surface area contributed by atoms with Crippen molar-refractivity contribution in [3.8, 4) is 0 Å². The van der Waals surface area contributed by atoms with E-state index in [4.69, 9.17) is 5.73 Å². The maximum Gasteiger partial charge on any atom is 0.230 e. The second-order valence-corrected chi connectivity index (χ2v) is 6.74. The number of carbonyl (C=O) groups is 1. The molecule has 0 saturated heterocycles. The summed E-state index contributed by atoms with van der Waals surface area (Å²) in [6.07, 6.45) is 1.80. The molecular weight excluding hydrogens is 376 g/mol. The van der Waals surface area contributed by atoms with Crippen LogP contribution in [0, 0.1) is 0 Å². The molecule has 1 fully saturated rings. The Bertz CT molecular complexity index is 674. The van der Waals surface area contributed by atoms with Crippen molar-refractivity contribution in [3.05, 3.63) is 70.2 Å². The summed E-state index contributed by atoms with van der Waals surface area (Å²) in [6, 6.07) is 17.7. The van der Waals surface area contributed by atoms with Gasteiger partial charge < -0.3 is 11.1 Å². The lowest BCUT2D eigenvalue weighted by atomic mass is 9.95. The van der Waals surface area contributed by atoms with E-state index in [-0.39, 0.29) is 29.8 Å². The Morgan fingerprint density at radius 3 is 2.48 bits per heavy atom. The van der Waals surface area contributed by atoms with Gasteiger partial charge in [0, 0.05) is 17.1 Å². The van der Waals surface area contributed by atoms with Crippen molar-refractivity contribution in [1.82, 2.24) is 5.32 Å². The van der Waals surface area contributed by atoms with E-state index in [1.807, 2.05) is 54.6 Å². The highest BCUT2D eigenvalue weighted by Gasteiger charge is 2.51. The Balaban J connectivity index is 0.00000192. The predicted molar refractivity (Wildman–Crippen MR) is 98.7 cm³/mol. The van der Waals surface area contributed by atoms with Crippen LogP contribution < -0.4 is 11.1 Å². The quantitative estimate of drug-likeness (QED) is 0.810. The number of nitrogens with one attached hydrogen (secondary N) is 1. The van der Waals surface area contributed by atoms with Gasteiger partial charge in [-0.25, -0.2) is 0 Å². The number of carbonyl (C=O) groups excluding carboxylic acids is 1. The van der Waals surface area contributed by atoms with Crippen molar-refractivity contribution >= 4 is 34.2 Å². The molecule has 3 nitrogen and oxygen atoms in total. The third-order valence-corrected chi connectivity index (χ3v) is 4.77. The molecule has 1 aliphatic carbocycles. The standard InChI is InChI=1S/C18H19BrN2O.ClH/c19-15-8-4-7-14(11-15)18(9-10-18)17(22)21-12-16(20)13-5-2-1-3-6-13;/h1-8,11,16H,9-10,12,20H2,(H,21,22);1H. The summed E-state index contributed by atoms with van der Waals surface area (Å²) in [5, 5.41) is 3.02. The van der Waals surface area contributed by atoms with Crippen LogP contribution in [0.5, 0.6) is 0 Å². The van der Waals surface area contributed by atoms with E-state index >= 15 is 0 Å². The average molecular weight is 396 g/mol. The van der Waals surface area contributed by atoms with Crippen LogP contribution in [-0.2, 0) is 10.2 Å². The number of benzene rings is 2. The minimum absolute atomic E-state index is 0. The number of hydrogen-bond donors (Lipinski definition) is 2. The molecule has 1 atom stereocenters. The minimum atomic E-state index is -0.361. The lowest BCUT2D eigenvalue weighted by Crippen LogP contribution is -2.38.